The first-order chi connectivity index (χ1) is 12.8. The lowest BCUT2D eigenvalue weighted by atomic mass is 10.1. The summed E-state index contributed by atoms with van der Waals surface area (Å²) in [6, 6.07) is 14.6. The lowest BCUT2D eigenvalue weighted by Gasteiger charge is -2.10. The van der Waals surface area contributed by atoms with E-state index in [4.69, 9.17) is 0 Å². The molecule has 0 atom stereocenters. The Bertz CT molecular complexity index is 1140. The Morgan fingerprint density at radius 2 is 1.67 bits per heavy atom. The number of anilines is 1. The number of hydrogen-bond acceptors (Lipinski definition) is 5. The Kier molecular flexibility index (Phi) is 4.91. The maximum absolute atomic E-state index is 12.7. The standard InChI is InChI=1S/C19H17N3O4S/c1-12-11-17(16-5-3-4-6-18(16)20-12)19(24)21-14-7-9-15(10-8-14)27(25,26)22-13(2)23/h3-11H,1-2H3,(H,21,24)(H,22,23). The molecular formula is C19H17N3O4S. The van der Waals surface area contributed by atoms with E-state index in [0.29, 0.717) is 11.3 Å². The number of carbonyl (C=O) groups is 2. The maximum Gasteiger partial charge on any atom is 0.264 e. The van der Waals surface area contributed by atoms with Crippen molar-refractivity contribution in [1.29, 1.82) is 0 Å². The summed E-state index contributed by atoms with van der Waals surface area (Å²) in [5.74, 6) is -0.999. The fraction of sp³-hybridized carbons (Fsp3) is 0.105. The third-order valence-electron chi connectivity index (χ3n) is 3.79. The minimum Gasteiger partial charge on any atom is -0.322 e. The van der Waals surface area contributed by atoms with Crippen molar-refractivity contribution in [3.63, 3.8) is 0 Å². The van der Waals surface area contributed by atoms with Crippen LogP contribution in [0.15, 0.2) is 59.5 Å². The molecule has 2 N–H and O–H groups in total. The van der Waals surface area contributed by atoms with Gasteiger partial charge in [0.05, 0.1) is 16.0 Å². The van der Waals surface area contributed by atoms with Gasteiger partial charge in [-0.05, 0) is 43.3 Å². The Morgan fingerprint density at radius 3 is 2.33 bits per heavy atom. The van der Waals surface area contributed by atoms with E-state index in [1.807, 2.05) is 35.9 Å². The quantitative estimate of drug-likeness (QED) is 0.720. The molecule has 2 aromatic carbocycles. The fourth-order valence-electron chi connectivity index (χ4n) is 2.66. The molecule has 1 heterocycles. The highest BCUT2D eigenvalue weighted by atomic mass is 32.2. The molecule has 0 saturated heterocycles. The molecule has 0 unspecified atom stereocenters. The number of aryl methyl sites for hydroxylation is 1. The first kappa shape index (κ1) is 18.5. The molecule has 1 aromatic heterocycles. The first-order valence-electron chi connectivity index (χ1n) is 8.07. The molecule has 138 valence electrons. The first-order valence-corrected chi connectivity index (χ1v) is 9.56. The number of amides is 2. The van der Waals surface area contributed by atoms with Gasteiger partial charge >= 0.3 is 0 Å². The van der Waals surface area contributed by atoms with Crippen LogP contribution in [0.25, 0.3) is 10.9 Å². The minimum absolute atomic E-state index is 0.0686. The van der Waals surface area contributed by atoms with Crippen molar-refractivity contribution in [3.05, 3.63) is 65.9 Å². The smallest absolute Gasteiger partial charge is 0.264 e. The number of rotatable bonds is 4. The number of nitrogens with one attached hydrogen (secondary N) is 2. The molecule has 0 aliphatic heterocycles. The van der Waals surface area contributed by atoms with Crippen LogP contribution in [0.3, 0.4) is 0 Å². The molecular weight excluding hydrogens is 366 g/mol. The second-order valence-corrected chi connectivity index (χ2v) is 7.65. The van der Waals surface area contributed by atoms with E-state index in [0.717, 1.165) is 23.5 Å². The van der Waals surface area contributed by atoms with Gasteiger partial charge in [0.25, 0.3) is 15.9 Å². The average molecular weight is 383 g/mol. The molecule has 3 aromatic rings. The fourth-order valence-corrected chi connectivity index (χ4v) is 3.65. The number of carbonyl (C=O) groups excluding carboxylic acids is 2. The molecule has 0 radical (unpaired) electrons. The van der Waals surface area contributed by atoms with Crippen LogP contribution in [0.5, 0.6) is 0 Å². The zero-order valence-electron chi connectivity index (χ0n) is 14.7. The van der Waals surface area contributed by atoms with Gasteiger partial charge in [0.15, 0.2) is 0 Å². The molecule has 0 bridgehead atoms. The summed E-state index contributed by atoms with van der Waals surface area (Å²) in [5.41, 5.74) is 2.35. The van der Waals surface area contributed by atoms with Gasteiger partial charge in [0, 0.05) is 23.7 Å². The minimum atomic E-state index is -3.91. The van der Waals surface area contributed by atoms with Gasteiger partial charge in [0.2, 0.25) is 5.91 Å². The molecule has 0 saturated carbocycles. The van der Waals surface area contributed by atoms with Gasteiger partial charge in [-0.1, -0.05) is 18.2 Å². The van der Waals surface area contributed by atoms with Gasteiger partial charge in [-0.3, -0.25) is 14.6 Å². The lowest BCUT2D eigenvalue weighted by Crippen LogP contribution is -2.28. The van der Waals surface area contributed by atoms with E-state index in [1.54, 1.807) is 6.07 Å². The van der Waals surface area contributed by atoms with Gasteiger partial charge in [-0.15, -0.1) is 0 Å². The van der Waals surface area contributed by atoms with Gasteiger partial charge in [-0.25, -0.2) is 13.1 Å². The largest absolute Gasteiger partial charge is 0.322 e. The molecule has 8 heteroatoms. The van der Waals surface area contributed by atoms with E-state index in [2.05, 4.69) is 10.3 Å². The Balaban J connectivity index is 1.86. The van der Waals surface area contributed by atoms with Crippen LogP contribution in [0.2, 0.25) is 0 Å². The van der Waals surface area contributed by atoms with Crippen molar-refractivity contribution >= 4 is 38.4 Å². The monoisotopic (exact) mass is 383 g/mol. The summed E-state index contributed by atoms with van der Waals surface area (Å²) in [4.78, 5) is 28.0. The third kappa shape index (κ3) is 4.12. The van der Waals surface area contributed by atoms with E-state index < -0.39 is 15.9 Å². The SMILES string of the molecule is CC(=O)NS(=O)(=O)c1ccc(NC(=O)c2cc(C)nc3ccccc23)cc1. The Morgan fingerprint density at radius 1 is 1.00 bits per heavy atom. The normalized spacial score (nSPS) is 11.2. The number of para-hydroxylation sites is 1. The predicted octanol–water partition coefficient (Wildman–Crippen LogP) is 2.62. The number of fused-ring (bicyclic) bond motifs is 1. The second kappa shape index (κ2) is 7.16. The molecule has 0 fully saturated rings. The predicted molar refractivity (Wildman–Crippen MR) is 102 cm³/mol. The molecule has 0 spiro atoms. The third-order valence-corrected chi connectivity index (χ3v) is 5.24. The number of benzene rings is 2. The van der Waals surface area contributed by atoms with Crippen LogP contribution >= 0.6 is 0 Å². The van der Waals surface area contributed by atoms with Crippen LogP contribution in [0, 0.1) is 6.92 Å². The maximum atomic E-state index is 12.7. The number of sulfonamides is 1. The van der Waals surface area contributed by atoms with Crippen molar-refractivity contribution < 1.29 is 18.0 Å². The zero-order chi connectivity index (χ0) is 19.6. The Hall–Kier alpha value is -3.26. The summed E-state index contributed by atoms with van der Waals surface area (Å²) < 4.78 is 25.8. The van der Waals surface area contributed by atoms with Crippen molar-refractivity contribution in [2.45, 2.75) is 18.7 Å². The second-order valence-electron chi connectivity index (χ2n) is 5.97. The summed E-state index contributed by atoms with van der Waals surface area (Å²) >= 11 is 0. The molecule has 0 aliphatic carbocycles. The summed E-state index contributed by atoms with van der Waals surface area (Å²) in [5, 5.41) is 3.48. The molecule has 7 nitrogen and oxygen atoms in total. The van der Waals surface area contributed by atoms with Crippen molar-refractivity contribution in [2.24, 2.45) is 0 Å². The number of pyridine rings is 1. The van der Waals surface area contributed by atoms with Crippen LogP contribution in [-0.2, 0) is 14.8 Å². The molecule has 0 aliphatic rings. The summed E-state index contributed by atoms with van der Waals surface area (Å²) in [6.45, 7) is 2.93. The number of nitrogens with zero attached hydrogens (tertiary/aromatic N) is 1. The van der Waals surface area contributed by atoms with Crippen molar-refractivity contribution in [3.8, 4) is 0 Å². The van der Waals surface area contributed by atoms with E-state index >= 15 is 0 Å². The van der Waals surface area contributed by atoms with E-state index in [-0.39, 0.29) is 10.8 Å². The highest BCUT2D eigenvalue weighted by Gasteiger charge is 2.16. The number of hydrogen-bond donors (Lipinski definition) is 2. The lowest BCUT2D eigenvalue weighted by molar-refractivity contribution is -0.117. The van der Waals surface area contributed by atoms with Crippen molar-refractivity contribution in [2.75, 3.05) is 5.32 Å². The van der Waals surface area contributed by atoms with Gasteiger partial charge in [-0.2, -0.15) is 0 Å². The van der Waals surface area contributed by atoms with Crippen LogP contribution in [-0.4, -0.2) is 25.2 Å². The highest BCUT2D eigenvalue weighted by Crippen LogP contribution is 2.20. The average Bonchev–Trinajstić information content (AvgIpc) is 2.60. The topological polar surface area (TPSA) is 105 Å². The van der Waals surface area contributed by atoms with E-state index in [9.17, 15) is 18.0 Å². The van der Waals surface area contributed by atoms with Crippen LogP contribution in [0.4, 0.5) is 5.69 Å². The summed E-state index contributed by atoms with van der Waals surface area (Å²) in [6.07, 6.45) is 0. The van der Waals surface area contributed by atoms with E-state index in [1.165, 1.54) is 24.3 Å². The molecule has 27 heavy (non-hydrogen) atoms. The van der Waals surface area contributed by atoms with Gasteiger partial charge in [0.1, 0.15) is 0 Å². The van der Waals surface area contributed by atoms with Crippen molar-refractivity contribution in [1.82, 2.24) is 9.71 Å². The Labute approximate surface area is 156 Å². The van der Waals surface area contributed by atoms with Crippen LogP contribution in [0.1, 0.15) is 23.0 Å². The summed E-state index contributed by atoms with van der Waals surface area (Å²) in [7, 11) is -3.91. The zero-order valence-corrected chi connectivity index (χ0v) is 15.5. The van der Waals surface area contributed by atoms with Gasteiger partial charge < -0.3 is 5.32 Å². The molecule has 2 amide bonds. The van der Waals surface area contributed by atoms with Crippen LogP contribution < -0.4 is 10.0 Å². The molecule has 3 rings (SSSR count). The number of aromatic nitrogens is 1. The highest BCUT2D eigenvalue weighted by molar-refractivity contribution is 7.90.